The summed E-state index contributed by atoms with van der Waals surface area (Å²) < 4.78 is 38.9. The van der Waals surface area contributed by atoms with Crippen molar-refractivity contribution in [1.29, 1.82) is 0 Å². The second kappa shape index (κ2) is 9.64. The molecule has 4 nitrogen and oxygen atoms in total. The third kappa shape index (κ3) is 5.71. The van der Waals surface area contributed by atoms with E-state index in [-0.39, 0.29) is 5.56 Å². The van der Waals surface area contributed by atoms with E-state index < -0.39 is 17.6 Å². The molecule has 0 atom stereocenters. The van der Waals surface area contributed by atoms with Gasteiger partial charge in [0.15, 0.2) is 5.16 Å². The van der Waals surface area contributed by atoms with Gasteiger partial charge in [-0.1, -0.05) is 41.9 Å². The van der Waals surface area contributed by atoms with E-state index in [1.165, 1.54) is 23.9 Å². The molecule has 33 heavy (non-hydrogen) atoms. The minimum atomic E-state index is -4.53. The van der Waals surface area contributed by atoms with Crippen molar-refractivity contribution < 1.29 is 18.0 Å². The summed E-state index contributed by atoms with van der Waals surface area (Å²) in [4.78, 5) is 22.0. The van der Waals surface area contributed by atoms with Crippen molar-refractivity contribution in [2.75, 3.05) is 5.32 Å². The standard InChI is InChI=1S/C24H15ClF3N3OS/c25-19-10-8-15(9-11-19)17-13-29-23(30-14-17)33-21-7-2-1-6-20(21)31-22(32)16-4-3-5-18(12-16)24(26,27)28/h1-14H,(H,31,32). The fraction of sp³-hybridized carbons (Fsp3) is 0.0417. The minimum absolute atomic E-state index is 0.0896. The molecule has 0 spiro atoms. The first-order valence-electron chi connectivity index (χ1n) is 9.63. The lowest BCUT2D eigenvalue weighted by Crippen LogP contribution is -2.14. The predicted molar refractivity (Wildman–Crippen MR) is 122 cm³/mol. The van der Waals surface area contributed by atoms with Gasteiger partial charge in [-0.15, -0.1) is 0 Å². The van der Waals surface area contributed by atoms with Crippen LogP contribution < -0.4 is 5.32 Å². The lowest BCUT2D eigenvalue weighted by molar-refractivity contribution is -0.137. The van der Waals surface area contributed by atoms with Gasteiger partial charge < -0.3 is 5.32 Å². The number of benzene rings is 3. The molecule has 0 unspecified atom stereocenters. The molecule has 1 aromatic heterocycles. The van der Waals surface area contributed by atoms with Crippen LogP contribution in [-0.2, 0) is 6.18 Å². The molecule has 0 aliphatic carbocycles. The summed E-state index contributed by atoms with van der Waals surface area (Å²) in [5.41, 5.74) is 1.21. The van der Waals surface area contributed by atoms with Crippen molar-refractivity contribution in [3.05, 3.63) is 101 Å². The van der Waals surface area contributed by atoms with Crippen molar-refractivity contribution >= 4 is 35.0 Å². The SMILES string of the molecule is O=C(Nc1ccccc1Sc1ncc(-c2ccc(Cl)cc2)cn1)c1cccc(C(F)(F)F)c1. The van der Waals surface area contributed by atoms with Crippen molar-refractivity contribution in [3.8, 4) is 11.1 Å². The molecule has 9 heteroatoms. The van der Waals surface area contributed by atoms with Crippen LogP contribution in [0.3, 0.4) is 0 Å². The van der Waals surface area contributed by atoms with Crippen LogP contribution in [0.2, 0.25) is 5.02 Å². The predicted octanol–water partition coefficient (Wildman–Crippen LogP) is 7.22. The number of carbonyl (C=O) groups is 1. The van der Waals surface area contributed by atoms with E-state index in [0.29, 0.717) is 20.8 Å². The molecule has 0 aliphatic rings. The van der Waals surface area contributed by atoms with Gasteiger partial charge >= 0.3 is 6.18 Å². The van der Waals surface area contributed by atoms with E-state index in [0.717, 1.165) is 23.3 Å². The Bertz CT molecular complexity index is 1280. The van der Waals surface area contributed by atoms with Crippen molar-refractivity contribution in [1.82, 2.24) is 9.97 Å². The molecule has 166 valence electrons. The highest BCUT2D eigenvalue weighted by atomic mass is 35.5. The third-order valence-corrected chi connectivity index (χ3v) is 5.82. The highest BCUT2D eigenvalue weighted by Gasteiger charge is 2.31. The van der Waals surface area contributed by atoms with Crippen molar-refractivity contribution in [2.45, 2.75) is 16.2 Å². The van der Waals surface area contributed by atoms with Crippen LogP contribution in [0, 0.1) is 0 Å². The molecule has 3 aromatic carbocycles. The van der Waals surface area contributed by atoms with Crippen molar-refractivity contribution in [3.63, 3.8) is 0 Å². The minimum Gasteiger partial charge on any atom is -0.321 e. The van der Waals surface area contributed by atoms with Gasteiger partial charge in [0.2, 0.25) is 0 Å². The zero-order valence-electron chi connectivity index (χ0n) is 16.8. The molecule has 1 heterocycles. The van der Waals surface area contributed by atoms with Gasteiger partial charge in [0.1, 0.15) is 0 Å². The van der Waals surface area contributed by atoms with Crippen LogP contribution in [0.5, 0.6) is 0 Å². The number of halogens is 4. The molecule has 4 rings (SSSR count). The summed E-state index contributed by atoms with van der Waals surface area (Å²) in [6, 6.07) is 18.5. The van der Waals surface area contributed by atoms with E-state index in [1.54, 1.807) is 48.8 Å². The van der Waals surface area contributed by atoms with Crippen LogP contribution in [0.4, 0.5) is 18.9 Å². The number of aromatic nitrogens is 2. The Kier molecular flexibility index (Phi) is 6.67. The van der Waals surface area contributed by atoms with E-state index in [1.807, 2.05) is 12.1 Å². The lowest BCUT2D eigenvalue weighted by atomic mass is 10.1. The smallest absolute Gasteiger partial charge is 0.321 e. The van der Waals surface area contributed by atoms with Crippen LogP contribution in [0.1, 0.15) is 15.9 Å². The van der Waals surface area contributed by atoms with E-state index in [2.05, 4.69) is 15.3 Å². The average molecular weight is 486 g/mol. The van der Waals surface area contributed by atoms with Crippen molar-refractivity contribution in [2.24, 2.45) is 0 Å². The number of amides is 1. The number of nitrogens with one attached hydrogen (secondary N) is 1. The molecular formula is C24H15ClF3N3OS. The number of hydrogen-bond donors (Lipinski definition) is 1. The Morgan fingerprint density at radius 1 is 0.879 bits per heavy atom. The first kappa shape index (κ1) is 22.8. The number of hydrogen-bond acceptors (Lipinski definition) is 4. The lowest BCUT2D eigenvalue weighted by Gasteiger charge is -2.12. The molecule has 4 aromatic rings. The maximum absolute atomic E-state index is 13.0. The summed E-state index contributed by atoms with van der Waals surface area (Å²) in [7, 11) is 0. The van der Waals surface area contributed by atoms with Gasteiger partial charge in [-0.2, -0.15) is 13.2 Å². The van der Waals surface area contributed by atoms with Gasteiger partial charge in [0.25, 0.3) is 5.91 Å². The quantitative estimate of drug-likeness (QED) is 0.303. The second-order valence-corrected chi connectivity index (χ2v) is 8.34. The monoisotopic (exact) mass is 485 g/mol. The Labute approximate surface area is 196 Å². The number of nitrogens with zero attached hydrogens (tertiary/aromatic N) is 2. The third-order valence-electron chi connectivity index (χ3n) is 4.59. The van der Waals surface area contributed by atoms with Gasteiger partial charge in [-0.05, 0) is 59.8 Å². The number of rotatable bonds is 5. The molecular weight excluding hydrogens is 471 g/mol. The van der Waals surface area contributed by atoms with E-state index in [9.17, 15) is 18.0 Å². The molecule has 1 amide bonds. The van der Waals surface area contributed by atoms with Gasteiger partial charge in [0, 0.05) is 33.4 Å². The number of para-hydroxylation sites is 1. The summed E-state index contributed by atoms with van der Waals surface area (Å²) >= 11 is 7.14. The maximum Gasteiger partial charge on any atom is 0.416 e. The van der Waals surface area contributed by atoms with E-state index >= 15 is 0 Å². The second-order valence-electron chi connectivity index (χ2n) is 6.89. The zero-order valence-corrected chi connectivity index (χ0v) is 18.4. The first-order valence-corrected chi connectivity index (χ1v) is 10.8. The highest BCUT2D eigenvalue weighted by molar-refractivity contribution is 7.99. The molecule has 0 fully saturated rings. The van der Waals surface area contributed by atoms with Gasteiger partial charge in [-0.25, -0.2) is 9.97 Å². The Hall–Kier alpha value is -3.36. The molecule has 0 radical (unpaired) electrons. The number of carbonyl (C=O) groups excluding carboxylic acids is 1. The Morgan fingerprint density at radius 2 is 1.58 bits per heavy atom. The fourth-order valence-corrected chi connectivity index (χ4v) is 3.86. The van der Waals surface area contributed by atoms with Gasteiger partial charge in [-0.3, -0.25) is 4.79 Å². The average Bonchev–Trinajstić information content (AvgIpc) is 2.81. The molecule has 0 saturated heterocycles. The largest absolute Gasteiger partial charge is 0.416 e. The summed E-state index contributed by atoms with van der Waals surface area (Å²) in [5.74, 6) is -0.645. The summed E-state index contributed by atoms with van der Waals surface area (Å²) in [6.45, 7) is 0. The number of anilines is 1. The molecule has 0 aliphatic heterocycles. The zero-order chi connectivity index (χ0) is 23.4. The van der Waals surface area contributed by atoms with E-state index in [4.69, 9.17) is 11.6 Å². The summed E-state index contributed by atoms with van der Waals surface area (Å²) in [5, 5.41) is 3.76. The van der Waals surface area contributed by atoms with Crippen LogP contribution in [0.15, 0.2) is 95.2 Å². The molecule has 1 N–H and O–H groups in total. The maximum atomic E-state index is 13.0. The molecule has 0 saturated carbocycles. The fourth-order valence-electron chi connectivity index (χ4n) is 2.95. The normalized spacial score (nSPS) is 11.3. The Balaban J connectivity index is 1.51. The van der Waals surface area contributed by atoms with Gasteiger partial charge in [0.05, 0.1) is 11.3 Å². The number of alkyl halides is 3. The topological polar surface area (TPSA) is 54.9 Å². The first-order chi connectivity index (χ1) is 15.8. The van der Waals surface area contributed by atoms with Crippen LogP contribution in [0.25, 0.3) is 11.1 Å². The molecule has 0 bridgehead atoms. The van der Waals surface area contributed by atoms with Crippen LogP contribution in [-0.4, -0.2) is 15.9 Å². The summed E-state index contributed by atoms with van der Waals surface area (Å²) in [6.07, 6.45) is -1.16. The Morgan fingerprint density at radius 3 is 2.27 bits per heavy atom. The highest BCUT2D eigenvalue weighted by Crippen LogP contribution is 2.33. The van der Waals surface area contributed by atoms with Crippen LogP contribution >= 0.6 is 23.4 Å².